The van der Waals surface area contributed by atoms with Crippen LogP contribution in [0.25, 0.3) is 0 Å². The lowest BCUT2D eigenvalue weighted by molar-refractivity contribution is 0.0649. The summed E-state index contributed by atoms with van der Waals surface area (Å²) in [6.07, 6.45) is 4.14. The van der Waals surface area contributed by atoms with Crippen molar-refractivity contribution in [3.63, 3.8) is 0 Å². The summed E-state index contributed by atoms with van der Waals surface area (Å²) >= 11 is 0. The molecule has 0 saturated carbocycles. The quantitative estimate of drug-likeness (QED) is 0.882. The Morgan fingerprint density at radius 3 is 2.57 bits per heavy atom. The lowest BCUT2D eigenvalue weighted by Crippen LogP contribution is -2.38. The molecule has 1 aliphatic heterocycles. The molecule has 0 aliphatic carbocycles. The Kier molecular flexibility index (Phi) is 5.05. The van der Waals surface area contributed by atoms with Crippen molar-refractivity contribution in [3.8, 4) is 0 Å². The summed E-state index contributed by atoms with van der Waals surface area (Å²) in [5, 5.41) is 2.98. The van der Waals surface area contributed by atoms with Gasteiger partial charge in [0.2, 0.25) is 14.9 Å². The molecule has 0 aromatic carbocycles. The van der Waals surface area contributed by atoms with Gasteiger partial charge in [0.25, 0.3) is 5.91 Å². The molecule has 1 N–H and O–H groups in total. The van der Waals surface area contributed by atoms with Gasteiger partial charge in [-0.3, -0.25) is 4.79 Å². The highest BCUT2D eigenvalue weighted by Gasteiger charge is 2.26. The van der Waals surface area contributed by atoms with E-state index < -0.39 is 9.84 Å². The minimum atomic E-state index is -3.41. The Morgan fingerprint density at radius 1 is 1.38 bits per heavy atom. The molecule has 1 aromatic heterocycles. The summed E-state index contributed by atoms with van der Waals surface area (Å²) in [7, 11) is -1.47. The SMILES string of the molecule is CNCCC1CCN(C(=O)c2ccc(S(C)(=O)=O)o2)CC1. The molecule has 1 aromatic rings. The van der Waals surface area contributed by atoms with E-state index in [0.29, 0.717) is 19.0 Å². The molecule has 0 spiro atoms. The second-order valence-electron chi connectivity index (χ2n) is 5.52. The van der Waals surface area contributed by atoms with Crippen LogP contribution in [0.15, 0.2) is 21.6 Å². The van der Waals surface area contributed by atoms with Crippen molar-refractivity contribution in [2.75, 3.05) is 32.9 Å². The maximum Gasteiger partial charge on any atom is 0.289 e. The van der Waals surface area contributed by atoms with E-state index in [9.17, 15) is 13.2 Å². The summed E-state index contributed by atoms with van der Waals surface area (Å²) in [6.45, 7) is 2.39. The molecule has 0 bridgehead atoms. The van der Waals surface area contributed by atoms with Crippen molar-refractivity contribution >= 4 is 15.7 Å². The van der Waals surface area contributed by atoms with E-state index in [1.165, 1.54) is 12.1 Å². The predicted molar refractivity (Wildman–Crippen MR) is 79.0 cm³/mol. The van der Waals surface area contributed by atoms with Crippen LogP contribution in [0.1, 0.15) is 29.8 Å². The molecule has 118 valence electrons. The van der Waals surface area contributed by atoms with Crippen LogP contribution in [-0.2, 0) is 9.84 Å². The van der Waals surface area contributed by atoms with Crippen LogP contribution in [0, 0.1) is 5.92 Å². The third kappa shape index (κ3) is 4.07. The van der Waals surface area contributed by atoms with Crippen LogP contribution in [0.3, 0.4) is 0 Å². The van der Waals surface area contributed by atoms with Gasteiger partial charge in [-0.25, -0.2) is 8.42 Å². The van der Waals surface area contributed by atoms with Gasteiger partial charge in [0.15, 0.2) is 5.76 Å². The largest absolute Gasteiger partial charge is 0.440 e. The van der Waals surface area contributed by atoms with Crippen LogP contribution in [0.5, 0.6) is 0 Å². The van der Waals surface area contributed by atoms with E-state index in [0.717, 1.165) is 32.1 Å². The van der Waals surface area contributed by atoms with Crippen LogP contribution < -0.4 is 5.32 Å². The number of hydrogen-bond acceptors (Lipinski definition) is 5. The maximum atomic E-state index is 12.3. The van der Waals surface area contributed by atoms with E-state index in [-0.39, 0.29) is 16.8 Å². The number of carbonyl (C=O) groups is 1. The van der Waals surface area contributed by atoms with E-state index in [2.05, 4.69) is 5.32 Å². The summed E-state index contributed by atoms with van der Waals surface area (Å²) < 4.78 is 27.9. The minimum Gasteiger partial charge on any atom is -0.440 e. The average molecular weight is 314 g/mol. The van der Waals surface area contributed by atoms with Crippen molar-refractivity contribution < 1.29 is 17.6 Å². The van der Waals surface area contributed by atoms with Crippen LogP contribution in [-0.4, -0.2) is 52.2 Å². The Hall–Kier alpha value is -1.34. The number of hydrogen-bond donors (Lipinski definition) is 1. The number of nitrogens with zero attached hydrogens (tertiary/aromatic N) is 1. The van der Waals surface area contributed by atoms with Crippen molar-refractivity contribution in [1.82, 2.24) is 10.2 Å². The topological polar surface area (TPSA) is 79.6 Å². The fraction of sp³-hybridized carbons (Fsp3) is 0.643. The van der Waals surface area contributed by atoms with Crippen molar-refractivity contribution in [3.05, 3.63) is 17.9 Å². The van der Waals surface area contributed by atoms with Gasteiger partial charge in [0, 0.05) is 19.3 Å². The zero-order chi connectivity index (χ0) is 15.5. The van der Waals surface area contributed by atoms with Crippen molar-refractivity contribution in [2.45, 2.75) is 24.4 Å². The number of rotatable bonds is 5. The van der Waals surface area contributed by atoms with Gasteiger partial charge in [-0.1, -0.05) is 0 Å². The first-order chi connectivity index (χ1) is 9.91. The first kappa shape index (κ1) is 16.0. The minimum absolute atomic E-state index is 0.101. The molecular formula is C14H22N2O4S. The zero-order valence-corrected chi connectivity index (χ0v) is 13.3. The van der Waals surface area contributed by atoms with Crippen LogP contribution in [0.2, 0.25) is 0 Å². The van der Waals surface area contributed by atoms with E-state index in [4.69, 9.17) is 4.42 Å². The summed E-state index contributed by atoms with van der Waals surface area (Å²) in [5.74, 6) is 0.519. The van der Waals surface area contributed by atoms with Crippen molar-refractivity contribution in [2.24, 2.45) is 5.92 Å². The number of sulfone groups is 1. The number of likely N-dealkylation sites (tertiary alicyclic amines) is 1. The fourth-order valence-corrected chi connectivity index (χ4v) is 3.12. The second-order valence-corrected chi connectivity index (χ2v) is 7.47. The first-order valence-electron chi connectivity index (χ1n) is 7.15. The Bertz CT molecular complexity index is 586. The molecule has 21 heavy (non-hydrogen) atoms. The second kappa shape index (κ2) is 6.62. The van der Waals surface area contributed by atoms with E-state index in [1.807, 2.05) is 7.05 Å². The van der Waals surface area contributed by atoms with Gasteiger partial charge in [-0.2, -0.15) is 0 Å². The number of furan rings is 1. The Labute approximate surface area is 125 Å². The lowest BCUT2D eigenvalue weighted by Gasteiger charge is -2.31. The highest BCUT2D eigenvalue weighted by Crippen LogP contribution is 2.22. The third-order valence-electron chi connectivity index (χ3n) is 3.86. The predicted octanol–water partition coefficient (Wildman–Crippen LogP) is 1.14. The zero-order valence-electron chi connectivity index (χ0n) is 12.5. The number of amides is 1. The van der Waals surface area contributed by atoms with Crippen LogP contribution in [0.4, 0.5) is 0 Å². The summed E-state index contributed by atoms with van der Waals surface area (Å²) in [5.41, 5.74) is 0. The van der Waals surface area contributed by atoms with Gasteiger partial charge in [-0.05, 0) is 50.9 Å². The number of piperidine rings is 1. The van der Waals surface area contributed by atoms with Gasteiger partial charge in [0.1, 0.15) is 0 Å². The fourth-order valence-electron chi connectivity index (χ4n) is 2.56. The first-order valence-corrected chi connectivity index (χ1v) is 9.04. The normalized spacial score (nSPS) is 17.1. The summed E-state index contributed by atoms with van der Waals surface area (Å²) in [6, 6.07) is 2.77. The molecular weight excluding hydrogens is 292 g/mol. The number of carbonyl (C=O) groups excluding carboxylic acids is 1. The van der Waals surface area contributed by atoms with E-state index in [1.54, 1.807) is 4.90 Å². The molecule has 2 heterocycles. The standard InChI is InChI=1S/C14H22N2O4S/c1-15-8-5-11-6-9-16(10-7-11)14(17)12-3-4-13(20-12)21(2,18)19/h3-4,11,15H,5-10H2,1-2H3. The molecule has 6 nitrogen and oxygen atoms in total. The number of nitrogens with one attached hydrogen (secondary N) is 1. The smallest absolute Gasteiger partial charge is 0.289 e. The highest BCUT2D eigenvalue weighted by molar-refractivity contribution is 7.90. The van der Waals surface area contributed by atoms with Gasteiger partial charge in [0.05, 0.1) is 0 Å². The van der Waals surface area contributed by atoms with E-state index >= 15 is 0 Å². The Balaban J connectivity index is 1.94. The Morgan fingerprint density at radius 2 is 2.05 bits per heavy atom. The summed E-state index contributed by atoms with van der Waals surface area (Å²) in [4.78, 5) is 14.0. The van der Waals surface area contributed by atoms with Gasteiger partial charge < -0.3 is 14.6 Å². The van der Waals surface area contributed by atoms with Gasteiger partial charge in [-0.15, -0.1) is 0 Å². The molecule has 1 fully saturated rings. The molecule has 1 saturated heterocycles. The maximum absolute atomic E-state index is 12.3. The molecule has 2 rings (SSSR count). The monoisotopic (exact) mass is 314 g/mol. The molecule has 0 atom stereocenters. The highest BCUT2D eigenvalue weighted by atomic mass is 32.2. The van der Waals surface area contributed by atoms with Gasteiger partial charge >= 0.3 is 0 Å². The molecule has 1 amide bonds. The molecule has 1 aliphatic rings. The van der Waals surface area contributed by atoms with Crippen molar-refractivity contribution in [1.29, 1.82) is 0 Å². The molecule has 0 unspecified atom stereocenters. The molecule has 7 heteroatoms. The molecule has 0 radical (unpaired) electrons. The lowest BCUT2D eigenvalue weighted by atomic mass is 9.93. The third-order valence-corrected chi connectivity index (χ3v) is 4.81. The van der Waals surface area contributed by atoms with Crippen LogP contribution >= 0.6 is 0 Å². The average Bonchev–Trinajstić information content (AvgIpc) is 2.95.